The van der Waals surface area contributed by atoms with Crippen LogP contribution in [0.15, 0.2) is 18.2 Å². The van der Waals surface area contributed by atoms with Crippen LogP contribution >= 0.6 is 12.4 Å². The predicted octanol–water partition coefficient (Wildman–Crippen LogP) is 1.71. The third-order valence-electron chi connectivity index (χ3n) is 4.92. The van der Waals surface area contributed by atoms with E-state index >= 15 is 0 Å². The highest BCUT2D eigenvalue weighted by Crippen LogP contribution is 2.34. The van der Waals surface area contributed by atoms with E-state index in [1.165, 1.54) is 5.56 Å². The lowest BCUT2D eigenvalue weighted by Crippen LogP contribution is -2.52. The van der Waals surface area contributed by atoms with Gasteiger partial charge in [-0.05, 0) is 55.6 Å². The van der Waals surface area contributed by atoms with Crippen LogP contribution in [0.1, 0.15) is 24.0 Å². The minimum atomic E-state index is -0.395. The second-order valence-corrected chi connectivity index (χ2v) is 6.39. The lowest BCUT2D eigenvalue weighted by atomic mass is 9.77. The van der Waals surface area contributed by atoms with Crippen molar-refractivity contribution in [2.45, 2.75) is 25.8 Å². The molecule has 1 aromatic carbocycles. The predicted molar refractivity (Wildman–Crippen MR) is 90.9 cm³/mol. The summed E-state index contributed by atoms with van der Waals surface area (Å²) in [6.07, 6.45) is 2.49. The maximum atomic E-state index is 13.1. The number of piperidine rings is 1. The number of carbonyl (C=O) groups excluding carboxylic acids is 1. The average molecular weight is 341 g/mol. The molecular weight excluding hydrogens is 316 g/mol. The van der Waals surface area contributed by atoms with E-state index < -0.39 is 5.41 Å². The molecule has 1 amide bonds. The van der Waals surface area contributed by atoms with Crippen molar-refractivity contribution in [2.75, 3.05) is 33.4 Å². The lowest BCUT2D eigenvalue weighted by Gasteiger charge is -2.41. The highest BCUT2D eigenvalue weighted by atomic mass is 35.5. The van der Waals surface area contributed by atoms with Crippen LogP contribution in [-0.2, 0) is 22.5 Å². The summed E-state index contributed by atoms with van der Waals surface area (Å²) in [5.74, 6) is 0.464. The molecule has 1 saturated heterocycles. The van der Waals surface area contributed by atoms with Crippen LogP contribution < -0.4 is 5.32 Å². The SMILES string of the molecule is COCC1(C(=O)N2CCc3ccc(O)cc3C2)CCNCC1.Cl. The minimum absolute atomic E-state index is 0. The molecule has 1 fully saturated rings. The third kappa shape index (κ3) is 3.62. The lowest BCUT2D eigenvalue weighted by molar-refractivity contribution is -0.148. The van der Waals surface area contributed by atoms with Crippen molar-refractivity contribution in [1.82, 2.24) is 10.2 Å². The average Bonchev–Trinajstić information content (AvgIpc) is 2.54. The van der Waals surface area contributed by atoms with Crippen LogP contribution in [0.3, 0.4) is 0 Å². The molecular formula is C17H25ClN2O3. The first-order chi connectivity index (χ1) is 10.6. The zero-order chi connectivity index (χ0) is 15.6. The summed E-state index contributed by atoms with van der Waals surface area (Å²) in [5, 5.41) is 13.0. The summed E-state index contributed by atoms with van der Waals surface area (Å²) in [7, 11) is 1.67. The number of nitrogens with zero attached hydrogens (tertiary/aromatic N) is 1. The molecule has 6 heteroatoms. The van der Waals surface area contributed by atoms with Crippen LogP contribution in [0.4, 0.5) is 0 Å². The molecule has 23 heavy (non-hydrogen) atoms. The van der Waals surface area contributed by atoms with E-state index in [2.05, 4.69) is 5.32 Å². The van der Waals surface area contributed by atoms with Gasteiger partial charge in [0.25, 0.3) is 0 Å². The minimum Gasteiger partial charge on any atom is -0.508 e. The first-order valence-electron chi connectivity index (χ1n) is 7.94. The second-order valence-electron chi connectivity index (χ2n) is 6.39. The molecule has 0 bridgehead atoms. The number of ether oxygens (including phenoxy) is 1. The van der Waals surface area contributed by atoms with Gasteiger partial charge in [0, 0.05) is 20.2 Å². The van der Waals surface area contributed by atoms with E-state index in [0.717, 1.165) is 44.5 Å². The van der Waals surface area contributed by atoms with Crippen molar-refractivity contribution in [3.8, 4) is 5.75 Å². The molecule has 0 atom stereocenters. The van der Waals surface area contributed by atoms with Crippen LogP contribution in [-0.4, -0.2) is 49.3 Å². The number of amides is 1. The highest BCUT2D eigenvalue weighted by Gasteiger charge is 2.42. The van der Waals surface area contributed by atoms with Crippen molar-refractivity contribution >= 4 is 18.3 Å². The summed E-state index contributed by atoms with van der Waals surface area (Å²) in [4.78, 5) is 15.1. The van der Waals surface area contributed by atoms with Gasteiger partial charge in [0.2, 0.25) is 5.91 Å². The maximum absolute atomic E-state index is 13.1. The van der Waals surface area contributed by atoms with Crippen molar-refractivity contribution < 1.29 is 14.6 Å². The van der Waals surface area contributed by atoms with E-state index in [1.807, 2.05) is 11.0 Å². The Morgan fingerprint density at radius 1 is 1.35 bits per heavy atom. The monoisotopic (exact) mass is 340 g/mol. The fourth-order valence-electron chi connectivity index (χ4n) is 3.65. The van der Waals surface area contributed by atoms with E-state index in [4.69, 9.17) is 4.74 Å². The Morgan fingerprint density at radius 2 is 2.09 bits per heavy atom. The quantitative estimate of drug-likeness (QED) is 0.879. The number of benzene rings is 1. The third-order valence-corrected chi connectivity index (χ3v) is 4.92. The molecule has 2 aliphatic rings. The van der Waals surface area contributed by atoms with Gasteiger partial charge in [-0.25, -0.2) is 0 Å². The fraction of sp³-hybridized carbons (Fsp3) is 0.588. The van der Waals surface area contributed by atoms with Gasteiger partial charge in [0.15, 0.2) is 0 Å². The van der Waals surface area contributed by atoms with Crippen LogP contribution in [0.5, 0.6) is 5.75 Å². The number of aromatic hydroxyl groups is 1. The molecule has 0 unspecified atom stereocenters. The molecule has 2 heterocycles. The van der Waals surface area contributed by atoms with Crippen LogP contribution in [0, 0.1) is 5.41 Å². The van der Waals surface area contributed by atoms with E-state index in [-0.39, 0.29) is 24.1 Å². The molecule has 0 spiro atoms. The van der Waals surface area contributed by atoms with Gasteiger partial charge < -0.3 is 20.1 Å². The number of phenols is 1. The smallest absolute Gasteiger partial charge is 0.231 e. The molecule has 3 rings (SSSR count). The summed E-state index contributed by atoms with van der Waals surface area (Å²) in [6.45, 7) is 3.54. The number of fused-ring (bicyclic) bond motifs is 1. The normalized spacial score (nSPS) is 19.6. The molecule has 0 aliphatic carbocycles. The zero-order valence-electron chi connectivity index (χ0n) is 13.5. The van der Waals surface area contributed by atoms with Crippen LogP contribution in [0.2, 0.25) is 0 Å². The van der Waals surface area contributed by atoms with Gasteiger partial charge in [0.05, 0.1) is 12.0 Å². The molecule has 0 saturated carbocycles. The van der Waals surface area contributed by atoms with Gasteiger partial charge >= 0.3 is 0 Å². The number of rotatable bonds is 3. The van der Waals surface area contributed by atoms with E-state index in [1.54, 1.807) is 19.2 Å². The van der Waals surface area contributed by atoms with E-state index in [0.29, 0.717) is 13.2 Å². The summed E-state index contributed by atoms with van der Waals surface area (Å²) < 4.78 is 5.37. The van der Waals surface area contributed by atoms with Crippen molar-refractivity contribution in [3.05, 3.63) is 29.3 Å². The number of carbonyl (C=O) groups is 1. The largest absolute Gasteiger partial charge is 0.508 e. The second kappa shape index (κ2) is 7.51. The highest BCUT2D eigenvalue weighted by molar-refractivity contribution is 5.85. The number of hydrogen-bond donors (Lipinski definition) is 2. The first kappa shape index (κ1) is 18.0. The molecule has 1 aromatic rings. The Hall–Kier alpha value is -1.30. The van der Waals surface area contributed by atoms with Gasteiger partial charge in [-0.2, -0.15) is 0 Å². The molecule has 5 nitrogen and oxygen atoms in total. The zero-order valence-corrected chi connectivity index (χ0v) is 14.3. The molecule has 0 aromatic heterocycles. The Balaban J connectivity index is 0.00000192. The van der Waals surface area contributed by atoms with Gasteiger partial charge in [-0.1, -0.05) is 6.07 Å². The number of nitrogens with one attached hydrogen (secondary N) is 1. The number of methoxy groups -OCH3 is 1. The number of hydrogen-bond acceptors (Lipinski definition) is 4. The van der Waals surface area contributed by atoms with Crippen LogP contribution in [0.25, 0.3) is 0 Å². The molecule has 0 radical (unpaired) electrons. The molecule has 128 valence electrons. The number of halogens is 1. The van der Waals surface area contributed by atoms with Crippen molar-refractivity contribution in [3.63, 3.8) is 0 Å². The number of phenolic OH excluding ortho intramolecular Hbond substituents is 1. The van der Waals surface area contributed by atoms with Crippen molar-refractivity contribution in [1.29, 1.82) is 0 Å². The van der Waals surface area contributed by atoms with Crippen molar-refractivity contribution in [2.24, 2.45) is 5.41 Å². The Morgan fingerprint density at radius 3 is 2.78 bits per heavy atom. The molecule has 2 N–H and O–H groups in total. The summed E-state index contributed by atoms with van der Waals surface area (Å²) in [6, 6.07) is 5.46. The Labute approximate surface area is 143 Å². The Kier molecular flexibility index (Phi) is 5.89. The van der Waals surface area contributed by atoms with Gasteiger partial charge in [-0.15, -0.1) is 12.4 Å². The standard InChI is InChI=1S/C17H24N2O3.ClH/c1-22-12-17(5-7-18-8-6-17)16(21)19-9-4-13-2-3-15(20)10-14(13)11-19;/h2-3,10,18,20H,4-9,11-12H2,1H3;1H. The summed E-state index contributed by atoms with van der Waals surface area (Å²) >= 11 is 0. The Bertz CT molecular complexity index is 553. The first-order valence-corrected chi connectivity index (χ1v) is 7.94. The molecule has 2 aliphatic heterocycles. The van der Waals surface area contributed by atoms with Gasteiger partial charge in [0.1, 0.15) is 5.75 Å². The maximum Gasteiger partial charge on any atom is 0.231 e. The topological polar surface area (TPSA) is 61.8 Å². The van der Waals surface area contributed by atoms with E-state index in [9.17, 15) is 9.90 Å². The fourth-order valence-corrected chi connectivity index (χ4v) is 3.65. The summed E-state index contributed by atoms with van der Waals surface area (Å²) in [5.41, 5.74) is 1.89. The van der Waals surface area contributed by atoms with Gasteiger partial charge in [-0.3, -0.25) is 4.79 Å².